The van der Waals surface area contributed by atoms with Gasteiger partial charge >= 0.3 is 0 Å². The Balaban J connectivity index is 2.36. The highest BCUT2D eigenvalue weighted by Crippen LogP contribution is 2.26. The van der Waals surface area contributed by atoms with E-state index < -0.39 is 14.8 Å². The van der Waals surface area contributed by atoms with E-state index >= 15 is 0 Å². The lowest BCUT2D eigenvalue weighted by atomic mass is 10.00. The number of sulfonamides is 1. The van der Waals surface area contributed by atoms with Crippen LogP contribution < -0.4 is 10.0 Å². The van der Waals surface area contributed by atoms with Crippen molar-refractivity contribution in [3.63, 3.8) is 0 Å². The number of hydrogen-bond acceptors (Lipinski definition) is 3. The molecule has 0 fully saturated rings. The molecule has 0 aliphatic carbocycles. The standard InChI is InChI=1S/C13H20N2O2S/c1-13(2,3)18(16,17)15-12-6-4-5-10-7-8-14-9-11(10)12/h4-6,14-15H,7-9H2,1-3H3. The summed E-state index contributed by atoms with van der Waals surface area (Å²) in [4.78, 5) is 0. The molecular weight excluding hydrogens is 248 g/mol. The Morgan fingerprint density at radius 2 is 2.00 bits per heavy atom. The number of anilines is 1. The fourth-order valence-electron chi connectivity index (χ4n) is 1.91. The fraction of sp³-hybridized carbons (Fsp3) is 0.538. The van der Waals surface area contributed by atoms with Gasteiger partial charge in [-0.05, 0) is 50.9 Å². The minimum atomic E-state index is -3.36. The highest BCUT2D eigenvalue weighted by molar-refractivity contribution is 7.94. The zero-order valence-electron chi connectivity index (χ0n) is 11.1. The average molecular weight is 268 g/mol. The van der Waals surface area contributed by atoms with Crippen molar-refractivity contribution in [1.82, 2.24) is 5.32 Å². The Bertz CT molecular complexity index is 545. The number of fused-ring (bicyclic) bond motifs is 1. The summed E-state index contributed by atoms with van der Waals surface area (Å²) in [5.74, 6) is 0. The zero-order chi connectivity index (χ0) is 13.4. The first kappa shape index (κ1) is 13.4. The number of benzene rings is 1. The van der Waals surface area contributed by atoms with Crippen molar-refractivity contribution in [1.29, 1.82) is 0 Å². The van der Waals surface area contributed by atoms with Gasteiger partial charge in [-0.1, -0.05) is 12.1 Å². The molecule has 1 aliphatic rings. The van der Waals surface area contributed by atoms with Gasteiger partial charge in [0.05, 0.1) is 10.4 Å². The van der Waals surface area contributed by atoms with Gasteiger partial charge in [-0.25, -0.2) is 8.42 Å². The van der Waals surface area contributed by atoms with Crippen LogP contribution in [0.1, 0.15) is 31.9 Å². The maximum Gasteiger partial charge on any atom is 0.237 e. The monoisotopic (exact) mass is 268 g/mol. The van der Waals surface area contributed by atoms with Crippen LogP contribution in [0, 0.1) is 0 Å². The van der Waals surface area contributed by atoms with Crippen LogP contribution in [0.4, 0.5) is 5.69 Å². The quantitative estimate of drug-likeness (QED) is 0.861. The second-order valence-corrected chi connectivity index (χ2v) is 8.02. The predicted octanol–water partition coefficient (Wildman–Crippen LogP) is 1.87. The number of rotatable bonds is 2. The lowest BCUT2D eigenvalue weighted by molar-refractivity contribution is 0.565. The van der Waals surface area contributed by atoms with Gasteiger partial charge < -0.3 is 5.32 Å². The normalized spacial score (nSPS) is 16.2. The van der Waals surface area contributed by atoms with Gasteiger partial charge in [0.1, 0.15) is 0 Å². The predicted molar refractivity (Wildman–Crippen MR) is 74.1 cm³/mol. The highest BCUT2D eigenvalue weighted by atomic mass is 32.2. The third-order valence-corrected chi connectivity index (χ3v) is 5.30. The molecule has 2 N–H and O–H groups in total. The summed E-state index contributed by atoms with van der Waals surface area (Å²) in [7, 11) is -3.36. The van der Waals surface area contributed by atoms with Crippen LogP contribution in [0.5, 0.6) is 0 Å². The second kappa shape index (κ2) is 4.55. The van der Waals surface area contributed by atoms with Gasteiger partial charge in [0.2, 0.25) is 10.0 Å². The third-order valence-electron chi connectivity index (χ3n) is 3.20. The minimum Gasteiger partial charge on any atom is -0.312 e. The molecule has 18 heavy (non-hydrogen) atoms. The van der Waals surface area contributed by atoms with Crippen LogP contribution in [0.2, 0.25) is 0 Å². The molecule has 4 nitrogen and oxygen atoms in total. The summed E-state index contributed by atoms with van der Waals surface area (Å²) in [6.07, 6.45) is 0.945. The minimum absolute atomic E-state index is 0.703. The van der Waals surface area contributed by atoms with E-state index in [1.807, 2.05) is 12.1 Å². The Morgan fingerprint density at radius 1 is 1.28 bits per heavy atom. The fourth-order valence-corrected chi connectivity index (χ4v) is 2.69. The molecule has 0 amide bonds. The van der Waals surface area contributed by atoms with Crippen LogP contribution in [0.3, 0.4) is 0 Å². The smallest absolute Gasteiger partial charge is 0.237 e. The van der Waals surface area contributed by atoms with Crippen LogP contribution in [0.25, 0.3) is 0 Å². The maximum atomic E-state index is 12.2. The molecular formula is C13H20N2O2S. The lowest BCUT2D eigenvalue weighted by Crippen LogP contribution is -2.34. The van der Waals surface area contributed by atoms with E-state index in [1.54, 1.807) is 20.8 Å². The summed E-state index contributed by atoms with van der Waals surface area (Å²) in [6, 6.07) is 5.80. The molecule has 1 aromatic carbocycles. The van der Waals surface area contributed by atoms with Gasteiger partial charge in [-0.3, -0.25) is 4.72 Å². The van der Waals surface area contributed by atoms with E-state index in [4.69, 9.17) is 0 Å². The molecule has 1 aliphatic heterocycles. The Labute approximate surface area is 109 Å². The largest absolute Gasteiger partial charge is 0.312 e. The van der Waals surface area contributed by atoms with Gasteiger partial charge in [-0.15, -0.1) is 0 Å². The van der Waals surface area contributed by atoms with E-state index in [2.05, 4.69) is 16.1 Å². The molecule has 0 aromatic heterocycles. The molecule has 1 aromatic rings. The third kappa shape index (κ3) is 2.52. The van der Waals surface area contributed by atoms with Crippen molar-refractivity contribution in [2.45, 2.75) is 38.5 Å². The van der Waals surface area contributed by atoms with Gasteiger partial charge in [0.15, 0.2) is 0 Å². The first-order valence-corrected chi connectivity index (χ1v) is 7.63. The van der Waals surface area contributed by atoms with Crippen LogP contribution in [-0.4, -0.2) is 19.7 Å². The molecule has 0 radical (unpaired) electrons. The maximum absolute atomic E-state index is 12.2. The van der Waals surface area contributed by atoms with Crippen molar-refractivity contribution in [3.8, 4) is 0 Å². The van der Waals surface area contributed by atoms with Crippen LogP contribution >= 0.6 is 0 Å². The van der Waals surface area contributed by atoms with E-state index in [-0.39, 0.29) is 0 Å². The van der Waals surface area contributed by atoms with Crippen molar-refractivity contribution < 1.29 is 8.42 Å². The van der Waals surface area contributed by atoms with Gasteiger partial charge in [0, 0.05) is 6.54 Å². The van der Waals surface area contributed by atoms with E-state index in [9.17, 15) is 8.42 Å². The summed E-state index contributed by atoms with van der Waals surface area (Å²) < 4.78 is 26.3. The Hall–Kier alpha value is -1.07. The molecule has 5 heteroatoms. The first-order chi connectivity index (χ1) is 8.31. The van der Waals surface area contributed by atoms with Crippen molar-refractivity contribution in [2.75, 3.05) is 11.3 Å². The molecule has 0 bridgehead atoms. The molecule has 1 heterocycles. The molecule has 0 unspecified atom stereocenters. The molecule has 100 valence electrons. The second-order valence-electron chi connectivity index (χ2n) is 5.59. The Morgan fingerprint density at radius 3 is 2.67 bits per heavy atom. The Kier molecular flexibility index (Phi) is 3.38. The molecule has 0 saturated heterocycles. The number of hydrogen-bond donors (Lipinski definition) is 2. The van der Waals surface area contributed by atoms with Crippen LogP contribution in [-0.2, 0) is 23.0 Å². The highest BCUT2D eigenvalue weighted by Gasteiger charge is 2.29. The topological polar surface area (TPSA) is 58.2 Å². The summed E-state index contributed by atoms with van der Waals surface area (Å²) in [6.45, 7) is 6.76. The molecule has 0 saturated carbocycles. The molecule has 2 rings (SSSR count). The van der Waals surface area contributed by atoms with Crippen LogP contribution in [0.15, 0.2) is 18.2 Å². The molecule has 0 spiro atoms. The lowest BCUT2D eigenvalue weighted by Gasteiger charge is -2.24. The van der Waals surface area contributed by atoms with E-state index in [0.717, 1.165) is 25.1 Å². The van der Waals surface area contributed by atoms with Crippen molar-refractivity contribution in [2.24, 2.45) is 0 Å². The zero-order valence-corrected chi connectivity index (χ0v) is 11.9. The summed E-state index contributed by atoms with van der Waals surface area (Å²) in [5, 5.41) is 3.27. The first-order valence-electron chi connectivity index (χ1n) is 6.15. The van der Waals surface area contributed by atoms with Crippen molar-refractivity contribution in [3.05, 3.63) is 29.3 Å². The SMILES string of the molecule is CC(C)(C)S(=O)(=O)Nc1cccc2c1CNCC2. The van der Waals surface area contributed by atoms with E-state index in [0.29, 0.717) is 5.69 Å². The van der Waals surface area contributed by atoms with Gasteiger partial charge in [-0.2, -0.15) is 0 Å². The van der Waals surface area contributed by atoms with Crippen molar-refractivity contribution >= 4 is 15.7 Å². The van der Waals surface area contributed by atoms with E-state index in [1.165, 1.54) is 5.56 Å². The average Bonchev–Trinajstić information content (AvgIpc) is 2.27. The number of nitrogens with one attached hydrogen (secondary N) is 2. The summed E-state index contributed by atoms with van der Waals surface area (Å²) in [5.41, 5.74) is 2.99. The summed E-state index contributed by atoms with van der Waals surface area (Å²) >= 11 is 0. The van der Waals surface area contributed by atoms with Gasteiger partial charge in [0.25, 0.3) is 0 Å². The molecule has 0 atom stereocenters.